The van der Waals surface area contributed by atoms with Crippen molar-refractivity contribution in [2.24, 2.45) is 4.99 Å². The fourth-order valence-electron chi connectivity index (χ4n) is 1.85. The highest BCUT2D eigenvalue weighted by molar-refractivity contribution is 5.85. The predicted octanol–water partition coefficient (Wildman–Crippen LogP) is 3.38. The van der Waals surface area contributed by atoms with E-state index in [1.165, 1.54) is 16.8 Å². The van der Waals surface area contributed by atoms with Crippen LogP contribution in [0.4, 0.5) is 5.69 Å². The molecule has 0 amide bonds. The summed E-state index contributed by atoms with van der Waals surface area (Å²) < 4.78 is 0. The lowest BCUT2D eigenvalue weighted by molar-refractivity contribution is 0.638. The molecule has 1 heterocycles. The van der Waals surface area contributed by atoms with E-state index in [4.69, 9.17) is 0 Å². The first-order valence-electron chi connectivity index (χ1n) is 4.83. The van der Waals surface area contributed by atoms with Crippen LogP contribution < -0.4 is 0 Å². The van der Waals surface area contributed by atoms with Gasteiger partial charge in [0.05, 0.1) is 5.69 Å². The van der Waals surface area contributed by atoms with Crippen molar-refractivity contribution >= 4 is 11.9 Å². The molecule has 68 valence electrons. The largest absolute Gasteiger partial charge is 0.260 e. The summed E-state index contributed by atoms with van der Waals surface area (Å²) in [6, 6.07) is 6.44. The molecule has 0 fully saturated rings. The normalized spacial score (nSPS) is 24.8. The Morgan fingerprint density at radius 1 is 1.38 bits per heavy atom. The summed E-state index contributed by atoms with van der Waals surface area (Å²) in [5.41, 5.74) is 4.02. The molecule has 2 rings (SSSR count). The highest BCUT2D eigenvalue weighted by atomic mass is 14.8. The maximum absolute atomic E-state index is 4.50. The highest BCUT2D eigenvalue weighted by Crippen LogP contribution is 2.40. The number of fused-ring (bicyclic) bond motifs is 1. The number of aliphatic imine (C=N–C) groups is 1. The summed E-state index contributed by atoms with van der Waals surface area (Å²) in [5, 5.41) is 0. The summed E-state index contributed by atoms with van der Waals surface area (Å²) in [5.74, 6) is 0. The molecule has 0 radical (unpaired) electrons. The molecule has 0 N–H and O–H groups in total. The lowest BCUT2D eigenvalue weighted by Crippen LogP contribution is -2.19. The van der Waals surface area contributed by atoms with Gasteiger partial charge in [0, 0.05) is 11.6 Å². The lowest BCUT2D eigenvalue weighted by Gasteiger charge is -2.20. The van der Waals surface area contributed by atoms with Crippen molar-refractivity contribution in [1.29, 1.82) is 0 Å². The van der Waals surface area contributed by atoms with Crippen LogP contribution in [-0.4, -0.2) is 6.21 Å². The topological polar surface area (TPSA) is 12.4 Å². The molecule has 13 heavy (non-hydrogen) atoms. The number of aryl methyl sites for hydroxylation is 1. The van der Waals surface area contributed by atoms with Gasteiger partial charge in [0.25, 0.3) is 0 Å². The molecular weight excluding hydrogens is 158 g/mol. The Morgan fingerprint density at radius 2 is 2.15 bits per heavy atom. The zero-order valence-corrected chi connectivity index (χ0v) is 8.46. The summed E-state index contributed by atoms with van der Waals surface area (Å²) >= 11 is 0. The van der Waals surface area contributed by atoms with Crippen molar-refractivity contribution in [3.8, 4) is 0 Å². The summed E-state index contributed by atoms with van der Waals surface area (Å²) in [6.07, 6.45) is 3.21. The fourth-order valence-corrected chi connectivity index (χ4v) is 1.85. The quantitative estimate of drug-likeness (QED) is 0.617. The van der Waals surface area contributed by atoms with Crippen LogP contribution in [0.15, 0.2) is 23.2 Å². The molecule has 0 saturated heterocycles. The molecule has 1 nitrogen and oxygen atoms in total. The van der Waals surface area contributed by atoms with Gasteiger partial charge in [-0.1, -0.05) is 32.0 Å². The maximum atomic E-state index is 4.50. The standard InChI is InChI=1S/C12H15N/c1-4-12(3)8-13-11-9(2)6-5-7-10(11)12/h5-8H,4H2,1-3H3. The first-order chi connectivity index (χ1) is 6.17. The van der Waals surface area contributed by atoms with Gasteiger partial charge in [0.2, 0.25) is 0 Å². The van der Waals surface area contributed by atoms with Crippen LogP contribution >= 0.6 is 0 Å². The number of hydrogen-bond acceptors (Lipinski definition) is 1. The highest BCUT2D eigenvalue weighted by Gasteiger charge is 2.29. The third-order valence-corrected chi connectivity index (χ3v) is 3.07. The van der Waals surface area contributed by atoms with Gasteiger partial charge >= 0.3 is 0 Å². The van der Waals surface area contributed by atoms with E-state index < -0.39 is 0 Å². The second kappa shape index (κ2) is 2.69. The Morgan fingerprint density at radius 3 is 2.85 bits per heavy atom. The zero-order valence-electron chi connectivity index (χ0n) is 8.46. The van der Waals surface area contributed by atoms with Crippen molar-refractivity contribution in [3.05, 3.63) is 29.3 Å². The van der Waals surface area contributed by atoms with Gasteiger partial charge in [-0.15, -0.1) is 0 Å². The molecule has 0 aromatic heterocycles. The molecule has 0 saturated carbocycles. The van der Waals surface area contributed by atoms with Crippen LogP contribution in [0, 0.1) is 6.92 Å². The molecule has 0 aliphatic carbocycles. The van der Waals surface area contributed by atoms with Crippen LogP contribution in [0.1, 0.15) is 31.4 Å². The monoisotopic (exact) mass is 173 g/mol. The zero-order chi connectivity index (χ0) is 9.47. The molecule has 1 aliphatic rings. The van der Waals surface area contributed by atoms with Crippen molar-refractivity contribution < 1.29 is 0 Å². The molecule has 1 atom stereocenters. The van der Waals surface area contributed by atoms with E-state index in [0.717, 1.165) is 6.42 Å². The van der Waals surface area contributed by atoms with E-state index in [9.17, 15) is 0 Å². The number of nitrogens with zero attached hydrogens (tertiary/aromatic N) is 1. The minimum absolute atomic E-state index is 0.168. The second-order valence-corrected chi connectivity index (χ2v) is 4.00. The van der Waals surface area contributed by atoms with Crippen molar-refractivity contribution in [2.75, 3.05) is 0 Å². The average molecular weight is 173 g/mol. The van der Waals surface area contributed by atoms with Gasteiger partial charge in [-0.2, -0.15) is 0 Å². The Bertz CT molecular complexity index is 365. The van der Waals surface area contributed by atoms with Crippen LogP contribution in [0.2, 0.25) is 0 Å². The van der Waals surface area contributed by atoms with E-state index in [0.29, 0.717) is 0 Å². The van der Waals surface area contributed by atoms with E-state index in [-0.39, 0.29) is 5.41 Å². The smallest absolute Gasteiger partial charge is 0.0696 e. The number of rotatable bonds is 1. The van der Waals surface area contributed by atoms with E-state index >= 15 is 0 Å². The Kier molecular flexibility index (Phi) is 1.76. The van der Waals surface area contributed by atoms with Crippen molar-refractivity contribution in [2.45, 2.75) is 32.6 Å². The molecule has 1 aromatic rings. The molecular formula is C12H15N. The van der Waals surface area contributed by atoms with Gasteiger partial charge < -0.3 is 0 Å². The maximum Gasteiger partial charge on any atom is 0.0696 e. The first-order valence-corrected chi connectivity index (χ1v) is 4.83. The summed E-state index contributed by atoms with van der Waals surface area (Å²) in [7, 11) is 0. The molecule has 0 bridgehead atoms. The number of benzene rings is 1. The minimum atomic E-state index is 0.168. The minimum Gasteiger partial charge on any atom is -0.260 e. The first kappa shape index (κ1) is 8.49. The van der Waals surface area contributed by atoms with E-state index in [2.05, 4.69) is 50.2 Å². The third kappa shape index (κ3) is 1.11. The van der Waals surface area contributed by atoms with Crippen molar-refractivity contribution in [3.63, 3.8) is 0 Å². The van der Waals surface area contributed by atoms with Gasteiger partial charge in [-0.25, -0.2) is 0 Å². The number of para-hydroxylation sites is 1. The molecule has 1 unspecified atom stereocenters. The molecule has 1 heteroatoms. The van der Waals surface area contributed by atoms with Crippen LogP contribution in [0.5, 0.6) is 0 Å². The molecule has 1 aliphatic heterocycles. The summed E-state index contributed by atoms with van der Waals surface area (Å²) in [6.45, 7) is 6.59. The van der Waals surface area contributed by atoms with Crippen LogP contribution in [0.3, 0.4) is 0 Å². The van der Waals surface area contributed by atoms with Gasteiger partial charge in [-0.3, -0.25) is 4.99 Å². The van der Waals surface area contributed by atoms with Crippen molar-refractivity contribution in [1.82, 2.24) is 0 Å². The van der Waals surface area contributed by atoms with Gasteiger partial charge in [0.15, 0.2) is 0 Å². The van der Waals surface area contributed by atoms with Crippen LogP contribution in [0.25, 0.3) is 0 Å². The fraction of sp³-hybridized carbons (Fsp3) is 0.417. The van der Waals surface area contributed by atoms with E-state index in [1.54, 1.807) is 0 Å². The van der Waals surface area contributed by atoms with Crippen LogP contribution in [-0.2, 0) is 5.41 Å². The van der Waals surface area contributed by atoms with Gasteiger partial charge in [-0.05, 0) is 24.5 Å². The second-order valence-electron chi connectivity index (χ2n) is 4.00. The Hall–Kier alpha value is -1.11. The van der Waals surface area contributed by atoms with Gasteiger partial charge in [0.1, 0.15) is 0 Å². The summed E-state index contributed by atoms with van der Waals surface area (Å²) in [4.78, 5) is 4.50. The Labute approximate surface area is 79.5 Å². The predicted molar refractivity (Wildman–Crippen MR) is 57.0 cm³/mol. The molecule has 0 spiro atoms. The lowest BCUT2D eigenvalue weighted by atomic mass is 9.82. The average Bonchev–Trinajstić information content (AvgIpc) is 2.47. The third-order valence-electron chi connectivity index (χ3n) is 3.07. The number of hydrogen-bond donors (Lipinski definition) is 0. The Balaban J connectivity index is 2.61. The molecule has 1 aromatic carbocycles. The SMILES string of the molecule is CCC1(C)C=Nc2c(C)cccc21. The van der Waals surface area contributed by atoms with E-state index in [1.807, 2.05) is 0 Å².